The second-order valence-corrected chi connectivity index (χ2v) is 6.07. The van der Waals surface area contributed by atoms with E-state index in [1.807, 2.05) is 4.90 Å². The van der Waals surface area contributed by atoms with Gasteiger partial charge in [0.2, 0.25) is 0 Å². The van der Waals surface area contributed by atoms with Gasteiger partial charge < -0.3 is 10.2 Å². The predicted molar refractivity (Wildman–Crippen MR) is 76.9 cm³/mol. The first kappa shape index (κ1) is 13.2. The fraction of sp³-hybridized carbons (Fsp3) is 0.500. The molecule has 0 spiro atoms. The van der Waals surface area contributed by atoms with Crippen LogP contribution in [0.5, 0.6) is 0 Å². The summed E-state index contributed by atoms with van der Waals surface area (Å²) in [6.07, 6.45) is 2.29. The predicted octanol–water partition coefficient (Wildman–Crippen LogP) is 2.82. The van der Waals surface area contributed by atoms with Crippen molar-refractivity contribution in [1.29, 1.82) is 0 Å². The molecule has 102 valence electrons. The highest BCUT2D eigenvalue weighted by Crippen LogP contribution is 2.29. The van der Waals surface area contributed by atoms with E-state index in [0.717, 1.165) is 26.1 Å². The molecule has 2 unspecified atom stereocenters. The van der Waals surface area contributed by atoms with E-state index in [0.29, 0.717) is 27.6 Å². The lowest BCUT2D eigenvalue weighted by Gasteiger charge is -2.37. The number of piperidine rings is 1. The van der Waals surface area contributed by atoms with E-state index in [1.54, 1.807) is 18.2 Å². The van der Waals surface area contributed by atoms with Crippen molar-refractivity contribution >= 4 is 29.1 Å². The smallest absolute Gasteiger partial charge is 0.254 e. The second-order valence-electron chi connectivity index (χ2n) is 5.26. The number of fused-ring (bicyclic) bond motifs is 1. The third-order valence-electron chi connectivity index (χ3n) is 4.11. The van der Waals surface area contributed by atoms with Gasteiger partial charge in [-0.25, -0.2) is 0 Å². The molecule has 0 bridgehead atoms. The zero-order valence-electron chi connectivity index (χ0n) is 10.5. The van der Waals surface area contributed by atoms with Crippen LogP contribution in [0, 0.1) is 5.92 Å². The summed E-state index contributed by atoms with van der Waals surface area (Å²) in [5.41, 5.74) is 0.627. The van der Waals surface area contributed by atoms with Crippen LogP contribution < -0.4 is 5.32 Å². The van der Waals surface area contributed by atoms with Gasteiger partial charge in [-0.2, -0.15) is 0 Å². The van der Waals surface area contributed by atoms with E-state index in [1.165, 1.54) is 6.42 Å². The summed E-state index contributed by atoms with van der Waals surface area (Å²) >= 11 is 11.9. The molecular formula is C14H16Cl2N2O. The molecule has 19 heavy (non-hydrogen) atoms. The normalized spacial score (nSPS) is 26.3. The van der Waals surface area contributed by atoms with Gasteiger partial charge in [-0.3, -0.25) is 4.79 Å². The van der Waals surface area contributed by atoms with Crippen LogP contribution in [-0.4, -0.2) is 36.5 Å². The van der Waals surface area contributed by atoms with Crippen LogP contribution in [0.25, 0.3) is 0 Å². The van der Waals surface area contributed by atoms with Crippen LogP contribution in [0.15, 0.2) is 18.2 Å². The standard InChI is InChI=1S/C14H16Cl2N2O/c15-11-4-3-9(6-12(11)16)14(19)18-5-1-2-10-7-17-8-13(10)18/h3-4,6,10,13,17H,1-2,5,7-8H2. The van der Waals surface area contributed by atoms with Gasteiger partial charge in [-0.15, -0.1) is 0 Å². The zero-order valence-corrected chi connectivity index (χ0v) is 12.0. The van der Waals surface area contributed by atoms with Crippen LogP contribution in [0.4, 0.5) is 0 Å². The Balaban J connectivity index is 1.84. The number of likely N-dealkylation sites (tertiary alicyclic amines) is 1. The maximum Gasteiger partial charge on any atom is 0.254 e. The molecule has 2 atom stereocenters. The Kier molecular flexibility index (Phi) is 3.70. The number of nitrogens with zero attached hydrogens (tertiary/aromatic N) is 1. The molecule has 1 amide bonds. The van der Waals surface area contributed by atoms with E-state index in [2.05, 4.69) is 5.32 Å². The van der Waals surface area contributed by atoms with Crippen molar-refractivity contribution in [3.63, 3.8) is 0 Å². The molecular weight excluding hydrogens is 283 g/mol. The molecule has 2 heterocycles. The van der Waals surface area contributed by atoms with Crippen molar-refractivity contribution in [3.05, 3.63) is 33.8 Å². The van der Waals surface area contributed by atoms with Gasteiger partial charge in [0, 0.05) is 31.2 Å². The van der Waals surface area contributed by atoms with E-state index in [4.69, 9.17) is 23.2 Å². The van der Waals surface area contributed by atoms with Gasteiger partial charge in [-0.05, 0) is 37.0 Å². The second kappa shape index (κ2) is 5.31. The minimum atomic E-state index is 0.0666. The Bertz CT molecular complexity index is 506. The van der Waals surface area contributed by atoms with Gasteiger partial charge >= 0.3 is 0 Å². The molecule has 2 aliphatic rings. The monoisotopic (exact) mass is 298 g/mol. The Morgan fingerprint density at radius 2 is 2.11 bits per heavy atom. The molecule has 2 saturated heterocycles. The van der Waals surface area contributed by atoms with Crippen LogP contribution in [0.2, 0.25) is 10.0 Å². The minimum Gasteiger partial charge on any atom is -0.334 e. The number of rotatable bonds is 1. The molecule has 2 fully saturated rings. The summed E-state index contributed by atoms with van der Waals surface area (Å²) in [5, 5.41) is 4.30. The van der Waals surface area contributed by atoms with Crippen molar-refractivity contribution < 1.29 is 4.79 Å². The quantitative estimate of drug-likeness (QED) is 0.865. The minimum absolute atomic E-state index is 0.0666. The number of nitrogens with one attached hydrogen (secondary N) is 1. The van der Waals surface area contributed by atoms with Crippen molar-refractivity contribution in [2.24, 2.45) is 5.92 Å². The number of hydrogen-bond donors (Lipinski definition) is 1. The average molecular weight is 299 g/mol. The highest BCUT2D eigenvalue weighted by atomic mass is 35.5. The first-order valence-corrected chi connectivity index (χ1v) is 7.39. The third kappa shape index (κ3) is 2.47. The summed E-state index contributed by atoms with van der Waals surface area (Å²) < 4.78 is 0. The van der Waals surface area contributed by atoms with E-state index >= 15 is 0 Å². The van der Waals surface area contributed by atoms with Gasteiger partial charge in [0.25, 0.3) is 5.91 Å². The molecule has 0 aromatic heterocycles. The Morgan fingerprint density at radius 3 is 2.89 bits per heavy atom. The molecule has 0 saturated carbocycles. The number of carbonyl (C=O) groups excluding carboxylic acids is 1. The molecule has 1 aromatic rings. The molecule has 1 N–H and O–H groups in total. The third-order valence-corrected chi connectivity index (χ3v) is 4.84. The molecule has 0 aliphatic carbocycles. The number of halogens is 2. The van der Waals surface area contributed by atoms with Crippen LogP contribution in [0.3, 0.4) is 0 Å². The Morgan fingerprint density at radius 1 is 1.26 bits per heavy atom. The van der Waals surface area contributed by atoms with Crippen LogP contribution in [0.1, 0.15) is 23.2 Å². The maximum atomic E-state index is 12.6. The highest BCUT2D eigenvalue weighted by Gasteiger charge is 2.37. The molecule has 5 heteroatoms. The molecule has 3 nitrogen and oxygen atoms in total. The average Bonchev–Trinajstić information content (AvgIpc) is 2.89. The molecule has 1 aromatic carbocycles. The van der Waals surface area contributed by atoms with Gasteiger partial charge in [0.15, 0.2) is 0 Å². The summed E-state index contributed by atoms with van der Waals surface area (Å²) in [5.74, 6) is 0.664. The van der Waals surface area contributed by atoms with E-state index in [-0.39, 0.29) is 5.91 Å². The van der Waals surface area contributed by atoms with Gasteiger partial charge in [-0.1, -0.05) is 23.2 Å². The summed E-state index contributed by atoms with van der Waals surface area (Å²) in [6, 6.07) is 5.43. The van der Waals surface area contributed by atoms with Crippen LogP contribution >= 0.6 is 23.2 Å². The molecule has 2 aliphatic heterocycles. The molecule has 3 rings (SSSR count). The summed E-state index contributed by atoms with van der Waals surface area (Å²) in [7, 11) is 0. The SMILES string of the molecule is O=C(c1ccc(Cl)c(Cl)c1)N1CCCC2CNCC21. The van der Waals surface area contributed by atoms with Crippen LogP contribution in [-0.2, 0) is 0 Å². The van der Waals surface area contributed by atoms with Gasteiger partial charge in [0.1, 0.15) is 0 Å². The first-order valence-electron chi connectivity index (χ1n) is 6.63. The fourth-order valence-corrected chi connectivity index (χ4v) is 3.41. The first-order chi connectivity index (χ1) is 9.16. The zero-order chi connectivity index (χ0) is 13.4. The highest BCUT2D eigenvalue weighted by molar-refractivity contribution is 6.42. The lowest BCUT2D eigenvalue weighted by molar-refractivity contribution is 0.0575. The molecule has 0 radical (unpaired) electrons. The lowest BCUT2D eigenvalue weighted by Crippen LogP contribution is -2.48. The van der Waals surface area contributed by atoms with E-state index < -0.39 is 0 Å². The van der Waals surface area contributed by atoms with Gasteiger partial charge in [0.05, 0.1) is 10.0 Å². The fourth-order valence-electron chi connectivity index (χ4n) is 3.12. The number of amides is 1. The number of benzene rings is 1. The van der Waals surface area contributed by atoms with Crippen molar-refractivity contribution in [2.75, 3.05) is 19.6 Å². The Hall–Kier alpha value is -0.770. The topological polar surface area (TPSA) is 32.3 Å². The lowest BCUT2D eigenvalue weighted by atomic mass is 9.91. The summed E-state index contributed by atoms with van der Waals surface area (Å²) in [6.45, 7) is 2.76. The maximum absolute atomic E-state index is 12.6. The number of hydrogen-bond acceptors (Lipinski definition) is 2. The Labute approximate surface area is 122 Å². The van der Waals surface area contributed by atoms with Crippen molar-refractivity contribution in [1.82, 2.24) is 10.2 Å². The van der Waals surface area contributed by atoms with E-state index in [9.17, 15) is 4.79 Å². The van der Waals surface area contributed by atoms with Crippen molar-refractivity contribution in [2.45, 2.75) is 18.9 Å². The largest absolute Gasteiger partial charge is 0.334 e. The van der Waals surface area contributed by atoms with Crippen molar-refractivity contribution in [3.8, 4) is 0 Å². The number of carbonyl (C=O) groups is 1. The summed E-state index contributed by atoms with van der Waals surface area (Å²) in [4.78, 5) is 14.6.